The van der Waals surface area contributed by atoms with Gasteiger partial charge >= 0.3 is 0 Å². The molecule has 7 nitrogen and oxygen atoms in total. The maximum absolute atomic E-state index is 14.0. The minimum atomic E-state index is -0.972. The highest BCUT2D eigenvalue weighted by Gasteiger charge is 2.57. The maximum atomic E-state index is 14.0. The first kappa shape index (κ1) is 24.5. The molecule has 0 radical (unpaired) electrons. The highest BCUT2D eigenvalue weighted by molar-refractivity contribution is 5.98. The van der Waals surface area contributed by atoms with Gasteiger partial charge in [-0.2, -0.15) is 5.26 Å². The van der Waals surface area contributed by atoms with Crippen molar-refractivity contribution < 1.29 is 14.4 Å². The Kier molecular flexibility index (Phi) is 6.66. The number of nitrogens with one attached hydrogen (secondary N) is 1. The lowest BCUT2D eigenvalue weighted by atomic mass is 9.78. The summed E-state index contributed by atoms with van der Waals surface area (Å²) in [5.41, 5.74) is 1.09. The minimum Gasteiger partial charge on any atom is -0.330 e. The third kappa shape index (κ3) is 4.41. The fraction of sp³-hybridized carbons (Fsp3) is 0.429. The van der Waals surface area contributed by atoms with E-state index in [9.17, 15) is 19.6 Å². The monoisotopic (exact) mass is 472 g/mol. The van der Waals surface area contributed by atoms with Crippen LogP contribution in [0, 0.1) is 28.6 Å². The van der Waals surface area contributed by atoms with Gasteiger partial charge in [-0.1, -0.05) is 57.2 Å². The van der Waals surface area contributed by atoms with Crippen LogP contribution in [0.2, 0.25) is 0 Å². The molecule has 2 aliphatic heterocycles. The summed E-state index contributed by atoms with van der Waals surface area (Å²) in [6.45, 7) is 6.17. The average molecular weight is 473 g/mol. The Morgan fingerprint density at radius 3 is 2.57 bits per heavy atom. The molecule has 1 N–H and O–H groups in total. The molecule has 0 saturated carbocycles. The fourth-order valence-corrected chi connectivity index (χ4v) is 5.23. The van der Waals surface area contributed by atoms with Gasteiger partial charge in [0, 0.05) is 31.3 Å². The molecule has 1 aliphatic carbocycles. The van der Waals surface area contributed by atoms with Gasteiger partial charge in [0.2, 0.25) is 11.8 Å². The maximum Gasteiger partial charge on any atom is 0.254 e. The van der Waals surface area contributed by atoms with Crippen LogP contribution in [0.5, 0.6) is 0 Å². The van der Waals surface area contributed by atoms with Gasteiger partial charge < -0.3 is 15.1 Å². The lowest BCUT2D eigenvalue weighted by molar-refractivity contribution is -0.137. The summed E-state index contributed by atoms with van der Waals surface area (Å²) < 4.78 is 0. The summed E-state index contributed by atoms with van der Waals surface area (Å²) in [5.74, 6) is -0.365. The zero-order valence-corrected chi connectivity index (χ0v) is 20.7. The van der Waals surface area contributed by atoms with Crippen molar-refractivity contribution in [2.24, 2.45) is 17.3 Å². The predicted octanol–water partition coefficient (Wildman–Crippen LogP) is 3.43. The number of hydrogen-bond donors (Lipinski definition) is 1. The molecule has 1 saturated heterocycles. The molecule has 35 heavy (non-hydrogen) atoms. The number of carbonyl (C=O) groups is 3. The third-order valence-electron chi connectivity index (χ3n) is 7.20. The number of rotatable bonds is 5. The molecule has 1 fully saturated rings. The molecule has 0 bridgehead atoms. The summed E-state index contributed by atoms with van der Waals surface area (Å²) in [5, 5.41) is 13.0. The van der Waals surface area contributed by atoms with Gasteiger partial charge in [-0.15, -0.1) is 0 Å². The first-order valence-electron chi connectivity index (χ1n) is 12.1. The van der Waals surface area contributed by atoms with Gasteiger partial charge in [0.25, 0.3) is 5.91 Å². The van der Waals surface area contributed by atoms with Gasteiger partial charge in [0.1, 0.15) is 12.1 Å². The van der Waals surface area contributed by atoms with E-state index in [1.807, 2.05) is 44.2 Å². The lowest BCUT2D eigenvalue weighted by Crippen LogP contribution is -2.51. The van der Waals surface area contributed by atoms with E-state index in [2.05, 4.69) is 18.3 Å². The average Bonchev–Trinajstić information content (AvgIpc) is 3.29. The molecule has 2 heterocycles. The quantitative estimate of drug-likeness (QED) is 0.711. The summed E-state index contributed by atoms with van der Waals surface area (Å²) in [6.07, 6.45) is 8.59. The van der Waals surface area contributed by atoms with Crippen molar-refractivity contribution in [2.45, 2.75) is 45.7 Å². The van der Waals surface area contributed by atoms with Crippen LogP contribution in [0.15, 0.2) is 65.9 Å². The Morgan fingerprint density at radius 2 is 1.91 bits per heavy atom. The van der Waals surface area contributed by atoms with Crippen molar-refractivity contribution in [2.75, 3.05) is 13.6 Å². The second kappa shape index (κ2) is 9.53. The normalized spacial score (nSPS) is 25.9. The van der Waals surface area contributed by atoms with Gasteiger partial charge in [-0.25, -0.2) is 0 Å². The van der Waals surface area contributed by atoms with E-state index in [1.54, 1.807) is 31.3 Å². The largest absolute Gasteiger partial charge is 0.330 e. The van der Waals surface area contributed by atoms with Crippen molar-refractivity contribution in [1.29, 1.82) is 5.26 Å². The van der Waals surface area contributed by atoms with Crippen LogP contribution in [0.3, 0.4) is 0 Å². The van der Waals surface area contributed by atoms with Gasteiger partial charge in [0.15, 0.2) is 0 Å². The molecule has 3 amide bonds. The number of hydrogen-bond acceptors (Lipinski definition) is 4. The Morgan fingerprint density at radius 1 is 1.23 bits per heavy atom. The molecular formula is C28H32N4O3. The Balaban J connectivity index is 1.66. The van der Waals surface area contributed by atoms with Crippen LogP contribution in [-0.2, 0) is 9.59 Å². The molecule has 0 aromatic heterocycles. The van der Waals surface area contributed by atoms with Gasteiger partial charge in [0.05, 0.1) is 11.5 Å². The molecule has 1 aromatic carbocycles. The van der Waals surface area contributed by atoms with Crippen LogP contribution < -0.4 is 5.32 Å². The lowest BCUT2D eigenvalue weighted by Gasteiger charge is -2.33. The molecular weight excluding hydrogens is 440 g/mol. The van der Waals surface area contributed by atoms with Crippen LogP contribution in [-0.4, -0.2) is 53.2 Å². The molecule has 3 aliphatic rings. The predicted molar refractivity (Wildman–Crippen MR) is 133 cm³/mol. The molecule has 4 rings (SSSR count). The second-order valence-corrected chi connectivity index (χ2v) is 10.2. The molecule has 1 spiro atoms. The molecule has 1 aromatic rings. The Labute approximate surface area is 206 Å². The first-order valence-corrected chi connectivity index (χ1v) is 12.1. The van der Waals surface area contributed by atoms with Crippen LogP contribution in [0.4, 0.5) is 0 Å². The van der Waals surface area contributed by atoms with Crippen molar-refractivity contribution in [1.82, 2.24) is 15.1 Å². The smallest absolute Gasteiger partial charge is 0.254 e. The second-order valence-electron chi connectivity index (χ2n) is 10.2. The number of benzene rings is 1. The number of nitrogens with zero attached hydrogens (tertiary/aromatic N) is 3. The topological polar surface area (TPSA) is 93.5 Å². The molecule has 4 atom stereocenters. The van der Waals surface area contributed by atoms with E-state index in [0.717, 1.165) is 11.3 Å². The van der Waals surface area contributed by atoms with Gasteiger partial charge in [-0.3, -0.25) is 14.4 Å². The number of fused-ring (bicyclic) bond motifs is 1. The van der Waals surface area contributed by atoms with E-state index >= 15 is 0 Å². The van der Waals surface area contributed by atoms with E-state index in [4.69, 9.17) is 0 Å². The first-order chi connectivity index (χ1) is 16.7. The van der Waals surface area contributed by atoms with Crippen LogP contribution >= 0.6 is 0 Å². The Hall–Kier alpha value is -3.66. The summed E-state index contributed by atoms with van der Waals surface area (Å²) in [4.78, 5) is 43.4. The SMILES string of the molecule is CC1C=CC2=C(C=C1)C1(CC(C#N)N(C(=O)C(CC(C)C)N(C)C(=O)c3ccccc3)C1)C(=O)N2. The highest BCUT2D eigenvalue weighted by atomic mass is 16.2. The number of allylic oxidation sites excluding steroid dienone is 4. The minimum absolute atomic E-state index is 0.114. The fourth-order valence-electron chi connectivity index (χ4n) is 5.23. The van der Waals surface area contributed by atoms with Crippen molar-refractivity contribution in [3.05, 3.63) is 71.5 Å². The zero-order chi connectivity index (χ0) is 25.3. The third-order valence-corrected chi connectivity index (χ3v) is 7.20. The van der Waals surface area contributed by atoms with Crippen molar-refractivity contribution in [3.8, 4) is 6.07 Å². The zero-order valence-electron chi connectivity index (χ0n) is 20.7. The number of likely N-dealkylation sites (N-methyl/N-ethyl adjacent to an activating group) is 1. The number of likely N-dealkylation sites (tertiary alicyclic amines) is 1. The van der Waals surface area contributed by atoms with Crippen LogP contribution in [0.25, 0.3) is 0 Å². The highest BCUT2D eigenvalue weighted by Crippen LogP contribution is 2.47. The van der Waals surface area contributed by atoms with E-state index < -0.39 is 17.5 Å². The number of amides is 3. The van der Waals surface area contributed by atoms with Crippen LogP contribution in [0.1, 0.15) is 44.0 Å². The van der Waals surface area contributed by atoms with E-state index in [0.29, 0.717) is 12.0 Å². The van der Waals surface area contributed by atoms with E-state index in [-0.39, 0.29) is 42.5 Å². The summed E-state index contributed by atoms with van der Waals surface area (Å²) in [7, 11) is 1.64. The molecule has 4 unspecified atom stereocenters. The Bertz CT molecular complexity index is 1160. The van der Waals surface area contributed by atoms with E-state index in [1.165, 1.54) is 9.80 Å². The molecule has 182 valence electrons. The van der Waals surface area contributed by atoms with Crippen molar-refractivity contribution >= 4 is 17.7 Å². The van der Waals surface area contributed by atoms with Gasteiger partial charge in [-0.05, 0) is 42.0 Å². The summed E-state index contributed by atoms with van der Waals surface area (Å²) >= 11 is 0. The number of carbonyl (C=O) groups excluding carboxylic acids is 3. The summed E-state index contributed by atoms with van der Waals surface area (Å²) in [6, 6.07) is 9.62. The standard InChI is InChI=1S/C28H32N4O3/c1-18(2)14-24(31(4)25(33)20-8-6-5-7-9-20)26(34)32-17-28(15-21(32)16-29)22-12-10-19(3)11-13-23(22)30-27(28)35/h5-13,18-19,21,24H,14-15,17H2,1-4H3,(H,30,35). The number of nitriles is 1. The molecule has 7 heteroatoms. The van der Waals surface area contributed by atoms with Crippen molar-refractivity contribution in [3.63, 3.8) is 0 Å².